The van der Waals surface area contributed by atoms with Gasteiger partial charge in [0.15, 0.2) is 0 Å². The van der Waals surface area contributed by atoms with Gasteiger partial charge in [0.1, 0.15) is 0 Å². The maximum absolute atomic E-state index is 4.44. The maximum atomic E-state index is 4.44. The molecule has 0 spiro atoms. The zero-order valence-electron chi connectivity index (χ0n) is 11.7. The van der Waals surface area contributed by atoms with Crippen LogP contribution >= 0.6 is 38.5 Å². The van der Waals surface area contributed by atoms with Crippen molar-refractivity contribution in [3.63, 3.8) is 0 Å². The Labute approximate surface area is 142 Å². The van der Waals surface area contributed by atoms with Gasteiger partial charge >= 0.3 is 0 Å². The van der Waals surface area contributed by atoms with Crippen LogP contribution in [0, 0.1) is 3.57 Å². The number of nitrogens with zero attached hydrogens (tertiary/aromatic N) is 2. The Morgan fingerprint density at radius 1 is 1.40 bits per heavy atom. The highest BCUT2D eigenvalue weighted by Gasteiger charge is 2.21. The lowest BCUT2D eigenvalue weighted by atomic mass is 10.0. The third kappa shape index (κ3) is 3.62. The third-order valence-corrected chi connectivity index (χ3v) is 4.47. The normalized spacial score (nSPS) is 12.6. The Hall–Kier alpha value is -0.400. The van der Waals surface area contributed by atoms with Gasteiger partial charge in [0.25, 0.3) is 0 Å². The van der Waals surface area contributed by atoms with Crippen molar-refractivity contribution in [2.75, 3.05) is 6.54 Å². The molecule has 0 aliphatic carbocycles. The summed E-state index contributed by atoms with van der Waals surface area (Å²) in [6.07, 6.45) is 2.99. The molecular weight excluding hydrogens is 429 g/mol. The van der Waals surface area contributed by atoms with E-state index in [2.05, 4.69) is 91.7 Å². The average Bonchev–Trinajstić information content (AvgIpc) is 2.81. The van der Waals surface area contributed by atoms with Gasteiger partial charge in [-0.15, -0.1) is 0 Å². The van der Waals surface area contributed by atoms with Crippen LogP contribution in [0.2, 0.25) is 0 Å². The van der Waals surface area contributed by atoms with Gasteiger partial charge in [-0.3, -0.25) is 4.68 Å². The minimum atomic E-state index is 0.168. The van der Waals surface area contributed by atoms with Crippen LogP contribution in [0.4, 0.5) is 0 Å². The lowest BCUT2D eigenvalue weighted by Gasteiger charge is -2.21. The Morgan fingerprint density at radius 3 is 2.85 bits per heavy atom. The van der Waals surface area contributed by atoms with Gasteiger partial charge in [0, 0.05) is 10.1 Å². The predicted octanol–water partition coefficient (Wildman–Crippen LogP) is 4.36. The predicted molar refractivity (Wildman–Crippen MR) is 94.9 cm³/mol. The Morgan fingerprint density at radius 2 is 2.20 bits per heavy atom. The van der Waals surface area contributed by atoms with Crippen LogP contribution in [0.3, 0.4) is 0 Å². The first-order valence-corrected chi connectivity index (χ1v) is 8.74. The maximum Gasteiger partial charge on any atom is 0.0760 e. The number of benzene rings is 1. The summed E-state index contributed by atoms with van der Waals surface area (Å²) in [5, 5.41) is 8.08. The van der Waals surface area contributed by atoms with Crippen LogP contribution in [0.15, 0.2) is 34.9 Å². The van der Waals surface area contributed by atoms with Gasteiger partial charge in [-0.1, -0.05) is 19.1 Å². The van der Waals surface area contributed by atoms with Crippen molar-refractivity contribution >= 4 is 38.5 Å². The largest absolute Gasteiger partial charge is 0.305 e. The highest BCUT2D eigenvalue weighted by Crippen LogP contribution is 2.29. The molecule has 20 heavy (non-hydrogen) atoms. The number of hydrogen-bond donors (Lipinski definition) is 1. The summed E-state index contributed by atoms with van der Waals surface area (Å²) in [5.74, 6) is 0. The van der Waals surface area contributed by atoms with E-state index >= 15 is 0 Å². The van der Waals surface area contributed by atoms with E-state index in [1.54, 1.807) is 0 Å². The number of aryl methyl sites for hydroxylation is 1. The van der Waals surface area contributed by atoms with Crippen molar-refractivity contribution in [1.82, 2.24) is 15.1 Å². The fourth-order valence-electron chi connectivity index (χ4n) is 2.26. The molecule has 2 rings (SSSR count). The van der Waals surface area contributed by atoms with Gasteiger partial charge in [0.05, 0.1) is 22.4 Å². The molecule has 2 aromatic rings. The molecule has 1 aromatic carbocycles. The number of hydrogen-bond acceptors (Lipinski definition) is 2. The van der Waals surface area contributed by atoms with E-state index in [9.17, 15) is 0 Å². The van der Waals surface area contributed by atoms with Crippen LogP contribution in [0.5, 0.6) is 0 Å². The molecule has 3 nitrogen and oxygen atoms in total. The van der Waals surface area contributed by atoms with E-state index < -0.39 is 0 Å². The lowest BCUT2D eigenvalue weighted by molar-refractivity contribution is 0.528. The molecule has 0 saturated carbocycles. The molecular formula is C15H19BrIN3. The van der Waals surface area contributed by atoms with Gasteiger partial charge in [0.2, 0.25) is 0 Å². The molecule has 0 radical (unpaired) electrons. The molecule has 0 fully saturated rings. The summed E-state index contributed by atoms with van der Waals surface area (Å²) >= 11 is 6.00. The fraction of sp³-hybridized carbons (Fsp3) is 0.400. The molecule has 0 bridgehead atoms. The molecule has 1 unspecified atom stereocenters. The van der Waals surface area contributed by atoms with Crippen molar-refractivity contribution in [2.45, 2.75) is 32.9 Å². The fourth-order valence-corrected chi connectivity index (χ4v) is 3.35. The first-order chi connectivity index (χ1) is 9.67. The summed E-state index contributed by atoms with van der Waals surface area (Å²) in [5.41, 5.74) is 2.48. The topological polar surface area (TPSA) is 29.9 Å². The van der Waals surface area contributed by atoms with Gasteiger partial charge in [-0.25, -0.2) is 0 Å². The number of halogens is 2. The van der Waals surface area contributed by atoms with E-state index in [-0.39, 0.29) is 6.04 Å². The second-order valence-electron chi connectivity index (χ2n) is 4.64. The molecule has 1 N–H and O–H groups in total. The molecule has 1 heterocycles. The molecule has 0 aliphatic heterocycles. The SMILES string of the molecule is CCCNC(c1cccc(I)c1)c1c(Br)cnn1CC. The summed E-state index contributed by atoms with van der Waals surface area (Å²) in [6, 6.07) is 8.80. The molecule has 5 heteroatoms. The Kier molecular flexibility index (Phi) is 6.04. The van der Waals surface area contributed by atoms with Gasteiger partial charge in [-0.05, 0) is 76.1 Å². The highest BCUT2D eigenvalue weighted by molar-refractivity contribution is 14.1. The third-order valence-electron chi connectivity index (χ3n) is 3.19. The smallest absolute Gasteiger partial charge is 0.0760 e. The Bertz CT molecular complexity index is 568. The number of nitrogens with one attached hydrogen (secondary N) is 1. The summed E-state index contributed by atoms with van der Waals surface area (Å²) in [6.45, 7) is 6.16. The van der Waals surface area contributed by atoms with Crippen LogP contribution in [0.25, 0.3) is 0 Å². The van der Waals surface area contributed by atoms with Crippen LogP contribution in [0.1, 0.15) is 37.6 Å². The zero-order chi connectivity index (χ0) is 14.5. The standard InChI is InChI=1S/C15H19BrIN3/c1-3-8-18-14(11-6-5-7-12(17)9-11)15-13(16)10-19-20(15)4-2/h5-7,9-10,14,18H,3-4,8H2,1-2H3. The van der Waals surface area contributed by atoms with Gasteiger partial charge in [-0.2, -0.15) is 5.10 Å². The van der Waals surface area contributed by atoms with Crippen LogP contribution in [-0.4, -0.2) is 16.3 Å². The van der Waals surface area contributed by atoms with Crippen molar-refractivity contribution in [3.05, 3.63) is 49.8 Å². The van der Waals surface area contributed by atoms with Crippen LogP contribution in [-0.2, 0) is 6.54 Å². The molecule has 1 atom stereocenters. The van der Waals surface area contributed by atoms with E-state index in [4.69, 9.17) is 0 Å². The second-order valence-corrected chi connectivity index (χ2v) is 6.74. The first kappa shape index (κ1) is 16.0. The number of aromatic nitrogens is 2. The quantitative estimate of drug-likeness (QED) is 0.666. The minimum absolute atomic E-state index is 0.168. The molecule has 108 valence electrons. The van der Waals surface area contributed by atoms with Crippen LogP contribution < -0.4 is 5.32 Å². The Balaban J connectivity index is 2.44. The lowest BCUT2D eigenvalue weighted by Crippen LogP contribution is -2.26. The van der Waals surface area contributed by atoms with Gasteiger partial charge < -0.3 is 5.32 Å². The molecule has 0 amide bonds. The second kappa shape index (κ2) is 7.56. The molecule has 0 aliphatic rings. The molecule has 0 saturated heterocycles. The summed E-state index contributed by atoms with van der Waals surface area (Å²) in [4.78, 5) is 0. The zero-order valence-corrected chi connectivity index (χ0v) is 15.5. The highest BCUT2D eigenvalue weighted by atomic mass is 127. The molecule has 1 aromatic heterocycles. The summed E-state index contributed by atoms with van der Waals surface area (Å²) < 4.78 is 4.37. The van der Waals surface area contributed by atoms with Crippen molar-refractivity contribution in [3.8, 4) is 0 Å². The number of rotatable bonds is 6. The van der Waals surface area contributed by atoms with Crippen molar-refractivity contribution < 1.29 is 0 Å². The van der Waals surface area contributed by atoms with E-state index in [1.807, 2.05) is 6.20 Å². The van der Waals surface area contributed by atoms with Crippen molar-refractivity contribution in [2.24, 2.45) is 0 Å². The minimum Gasteiger partial charge on any atom is -0.305 e. The van der Waals surface area contributed by atoms with E-state index in [0.717, 1.165) is 24.0 Å². The van der Waals surface area contributed by atoms with E-state index in [0.29, 0.717) is 0 Å². The summed E-state index contributed by atoms with van der Waals surface area (Å²) in [7, 11) is 0. The average molecular weight is 448 g/mol. The first-order valence-electron chi connectivity index (χ1n) is 6.87. The van der Waals surface area contributed by atoms with Crippen molar-refractivity contribution in [1.29, 1.82) is 0 Å². The van der Waals surface area contributed by atoms with E-state index in [1.165, 1.54) is 14.8 Å². The monoisotopic (exact) mass is 447 g/mol.